The summed E-state index contributed by atoms with van der Waals surface area (Å²) in [6.07, 6.45) is 5.40. The number of hydrogen-bond donors (Lipinski definition) is 0. The van der Waals surface area contributed by atoms with E-state index in [0.717, 1.165) is 28.2 Å². The molecule has 32 heavy (non-hydrogen) atoms. The largest absolute Gasteiger partial charge is 0.287 e. The summed E-state index contributed by atoms with van der Waals surface area (Å²) in [4.78, 5) is 13.8. The fourth-order valence-corrected chi connectivity index (χ4v) is 4.12. The van der Waals surface area contributed by atoms with Crippen LogP contribution in [0.3, 0.4) is 0 Å². The summed E-state index contributed by atoms with van der Waals surface area (Å²) in [5, 5.41) is 9.09. The van der Waals surface area contributed by atoms with Gasteiger partial charge in [0, 0.05) is 41.0 Å². The second-order valence-electron chi connectivity index (χ2n) is 8.70. The van der Waals surface area contributed by atoms with Crippen molar-refractivity contribution >= 4 is 0 Å². The van der Waals surface area contributed by atoms with Crippen molar-refractivity contribution in [1.29, 1.82) is 5.26 Å². The van der Waals surface area contributed by atoms with Gasteiger partial charge in [-0.2, -0.15) is 5.26 Å². The lowest BCUT2D eigenvalue weighted by Gasteiger charge is -2.34. The van der Waals surface area contributed by atoms with Crippen molar-refractivity contribution < 1.29 is 0 Å². The molecule has 5 nitrogen and oxygen atoms in total. The maximum absolute atomic E-state index is 9.09. The van der Waals surface area contributed by atoms with E-state index in [-0.39, 0.29) is 5.41 Å². The molecule has 0 aliphatic heterocycles. The minimum absolute atomic E-state index is 0.268. The Morgan fingerprint density at radius 2 is 1.44 bits per heavy atom. The van der Waals surface area contributed by atoms with Gasteiger partial charge in [0.15, 0.2) is 0 Å². The third-order valence-electron chi connectivity index (χ3n) is 6.51. The number of aromatic nitrogens is 4. The van der Waals surface area contributed by atoms with Crippen molar-refractivity contribution in [3.63, 3.8) is 0 Å². The normalized spacial score (nSPS) is 13.0. The molecule has 4 aromatic rings. The van der Waals surface area contributed by atoms with Crippen molar-refractivity contribution in [2.24, 2.45) is 5.92 Å². The average molecular weight is 422 g/mol. The van der Waals surface area contributed by atoms with Crippen LogP contribution in [0.25, 0.3) is 17.1 Å². The van der Waals surface area contributed by atoms with Crippen LogP contribution in [-0.2, 0) is 5.41 Å². The van der Waals surface area contributed by atoms with Crippen LogP contribution in [0.4, 0.5) is 0 Å². The van der Waals surface area contributed by atoms with Gasteiger partial charge >= 0.3 is 0 Å². The summed E-state index contributed by atoms with van der Waals surface area (Å²) in [6, 6.07) is 18.6. The Bertz CT molecular complexity index is 1240. The van der Waals surface area contributed by atoms with Crippen LogP contribution in [0.1, 0.15) is 49.0 Å². The summed E-state index contributed by atoms with van der Waals surface area (Å²) < 4.78 is 2.05. The SMILES string of the molecule is Cc1ccc(C)n1-c1ncc(-c2ccc(C(C)(c3ccc(C#N)cn3)C(C)C)cc2)cn1. The molecule has 5 heteroatoms. The molecule has 1 atom stereocenters. The molecule has 0 fully saturated rings. The molecular formula is C27H27N5. The maximum atomic E-state index is 9.09. The molecule has 0 bridgehead atoms. The lowest BCUT2D eigenvalue weighted by Crippen LogP contribution is -2.31. The smallest absolute Gasteiger partial charge is 0.234 e. The molecule has 0 radical (unpaired) electrons. The number of nitrogens with zero attached hydrogens (tertiary/aromatic N) is 5. The third-order valence-corrected chi connectivity index (χ3v) is 6.51. The molecule has 0 saturated heterocycles. The molecule has 0 spiro atoms. The number of hydrogen-bond acceptors (Lipinski definition) is 4. The summed E-state index contributed by atoms with van der Waals surface area (Å²) >= 11 is 0. The first-order valence-corrected chi connectivity index (χ1v) is 10.8. The lowest BCUT2D eigenvalue weighted by molar-refractivity contribution is 0.395. The Labute approximate surface area is 189 Å². The second kappa shape index (κ2) is 8.39. The molecule has 0 saturated carbocycles. The predicted octanol–water partition coefficient (Wildman–Crippen LogP) is 5.78. The zero-order chi connectivity index (χ0) is 22.9. The van der Waals surface area contributed by atoms with Gasteiger partial charge in [0.2, 0.25) is 5.95 Å². The first kappa shape index (κ1) is 21.5. The number of benzene rings is 1. The predicted molar refractivity (Wildman–Crippen MR) is 127 cm³/mol. The van der Waals surface area contributed by atoms with E-state index >= 15 is 0 Å². The number of pyridine rings is 1. The van der Waals surface area contributed by atoms with Crippen LogP contribution in [0.15, 0.2) is 67.1 Å². The summed E-state index contributed by atoms with van der Waals surface area (Å²) in [7, 11) is 0. The number of aryl methyl sites for hydroxylation is 2. The molecule has 1 unspecified atom stereocenters. The minimum atomic E-state index is -0.268. The zero-order valence-corrected chi connectivity index (χ0v) is 19.2. The Kier molecular flexibility index (Phi) is 5.63. The molecule has 160 valence electrons. The molecule has 3 aromatic heterocycles. The molecule has 4 rings (SSSR count). The first-order chi connectivity index (χ1) is 15.3. The van der Waals surface area contributed by atoms with Gasteiger partial charge in [0.05, 0.1) is 11.3 Å². The van der Waals surface area contributed by atoms with Gasteiger partial charge in [0.25, 0.3) is 0 Å². The van der Waals surface area contributed by atoms with Crippen LogP contribution in [-0.4, -0.2) is 19.5 Å². The fourth-order valence-electron chi connectivity index (χ4n) is 4.12. The Morgan fingerprint density at radius 3 is 1.94 bits per heavy atom. The topological polar surface area (TPSA) is 67.4 Å². The van der Waals surface area contributed by atoms with Gasteiger partial charge in [0.1, 0.15) is 6.07 Å². The molecule has 1 aromatic carbocycles. The van der Waals surface area contributed by atoms with Crippen molar-refractivity contribution in [1.82, 2.24) is 19.5 Å². The van der Waals surface area contributed by atoms with Crippen molar-refractivity contribution in [2.75, 3.05) is 0 Å². The standard InChI is InChI=1S/C27H27N5/c1-18(2)27(5,25-13-8-21(14-28)15-29-25)24-11-9-22(10-12-24)23-16-30-26(31-17-23)32-19(3)6-7-20(32)4/h6-13,15-18H,1-5H3. The van der Waals surface area contributed by atoms with E-state index in [9.17, 15) is 0 Å². The van der Waals surface area contributed by atoms with E-state index in [2.05, 4.69) is 92.0 Å². The van der Waals surface area contributed by atoms with Crippen molar-refractivity contribution in [3.05, 3.63) is 95.3 Å². The minimum Gasteiger partial charge on any atom is -0.287 e. The molecule has 0 N–H and O–H groups in total. The maximum Gasteiger partial charge on any atom is 0.234 e. The highest BCUT2D eigenvalue weighted by Crippen LogP contribution is 2.38. The summed E-state index contributed by atoms with van der Waals surface area (Å²) in [5.41, 5.74) is 6.73. The van der Waals surface area contributed by atoms with Crippen LogP contribution in [0, 0.1) is 31.1 Å². The monoisotopic (exact) mass is 421 g/mol. The Balaban J connectivity index is 1.65. The highest BCUT2D eigenvalue weighted by molar-refractivity contribution is 5.62. The number of nitriles is 1. The van der Waals surface area contributed by atoms with Crippen LogP contribution < -0.4 is 0 Å². The van der Waals surface area contributed by atoms with Gasteiger partial charge in [-0.1, -0.05) is 38.1 Å². The van der Waals surface area contributed by atoms with Gasteiger partial charge in [-0.25, -0.2) is 9.97 Å². The van der Waals surface area contributed by atoms with Gasteiger partial charge < -0.3 is 0 Å². The van der Waals surface area contributed by atoms with Gasteiger partial charge in [-0.3, -0.25) is 9.55 Å². The van der Waals surface area contributed by atoms with E-state index in [1.165, 1.54) is 5.56 Å². The molecule has 0 amide bonds. The van der Waals surface area contributed by atoms with E-state index < -0.39 is 0 Å². The fraction of sp³-hybridized carbons (Fsp3) is 0.259. The van der Waals surface area contributed by atoms with E-state index in [1.54, 1.807) is 6.20 Å². The Morgan fingerprint density at radius 1 is 0.812 bits per heavy atom. The van der Waals surface area contributed by atoms with Crippen LogP contribution in [0.2, 0.25) is 0 Å². The summed E-state index contributed by atoms with van der Waals surface area (Å²) in [5.74, 6) is 1.01. The molecule has 0 aliphatic rings. The van der Waals surface area contributed by atoms with E-state index in [0.29, 0.717) is 17.4 Å². The molecular weight excluding hydrogens is 394 g/mol. The van der Waals surface area contributed by atoms with Crippen LogP contribution in [0.5, 0.6) is 0 Å². The Hall–Kier alpha value is -3.78. The number of rotatable bonds is 5. The molecule has 0 aliphatic carbocycles. The van der Waals surface area contributed by atoms with Gasteiger partial charge in [-0.05, 0) is 62.1 Å². The second-order valence-corrected chi connectivity index (χ2v) is 8.70. The average Bonchev–Trinajstić information content (AvgIpc) is 3.16. The highest BCUT2D eigenvalue weighted by Gasteiger charge is 2.34. The quantitative estimate of drug-likeness (QED) is 0.410. The highest BCUT2D eigenvalue weighted by atomic mass is 15.2. The lowest BCUT2D eigenvalue weighted by atomic mass is 9.70. The van der Waals surface area contributed by atoms with Gasteiger partial charge in [-0.15, -0.1) is 0 Å². The third kappa shape index (κ3) is 3.69. The summed E-state index contributed by atoms with van der Waals surface area (Å²) in [6.45, 7) is 10.7. The zero-order valence-electron chi connectivity index (χ0n) is 19.2. The van der Waals surface area contributed by atoms with Crippen molar-refractivity contribution in [3.8, 4) is 23.1 Å². The van der Waals surface area contributed by atoms with Crippen LogP contribution >= 0.6 is 0 Å². The van der Waals surface area contributed by atoms with Crippen molar-refractivity contribution in [2.45, 2.75) is 40.0 Å². The van der Waals surface area contributed by atoms with E-state index in [1.807, 2.05) is 29.1 Å². The molecule has 3 heterocycles. The first-order valence-electron chi connectivity index (χ1n) is 10.8. The van der Waals surface area contributed by atoms with E-state index in [4.69, 9.17) is 5.26 Å².